The third-order valence-corrected chi connectivity index (χ3v) is 3.06. The van der Waals surface area contributed by atoms with Crippen molar-refractivity contribution in [3.05, 3.63) is 47.3 Å². The molecule has 1 heterocycles. The first-order valence-electron chi connectivity index (χ1n) is 6.52. The monoisotopic (exact) mass is 279 g/mol. The van der Waals surface area contributed by atoms with E-state index in [1.807, 2.05) is 6.92 Å². The van der Waals surface area contributed by atoms with Crippen LogP contribution in [-0.2, 0) is 6.54 Å². The Hall–Kier alpha value is -1.75. The van der Waals surface area contributed by atoms with Crippen molar-refractivity contribution in [2.75, 3.05) is 0 Å². The van der Waals surface area contributed by atoms with E-state index in [-0.39, 0.29) is 11.2 Å². The Morgan fingerprint density at radius 2 is 1.95 bits per heavy atom. The van der Waals surface area contributed by atoms with Crippen LogP contribution in [0, 0.1) is 18.6 Å². The minimum atomic E-state index is -0.619. The molecular weight excluding hydrogens is 260 g/mol. The van der Waals surface area contributed by atoms with Gasteiger partial charge in [0.1, 0.15) is 11.5 Å². The van der Waals surface area contributed by atoms with Gasteiger partial charge in [0.05, 0.1) is 6.20 Å². The highest BCUT2D eigenvalue weighted by Crippen LogP contribution is 2.18. The molecule has 3 nitrogen and oxygen atoms in total. The first-order valence-corrected chi connectivity index (χ1v) is 6.52. The molecule has 2 rings (SSSR count). The van der Waals surface area contributed by atoms with Crippen LogP contribution in [0.15, 0.2) is 24.4 Å². The van der Waals surface area contributed by atoms with E-state index in [2.05, 4.69) is 31.2 Å². The largest absolute Gasteiger partial charge is 0.308 e. The standard InChI is InChI=1S/C15H19F2N3/c1-10-11(8-18-15(2,3)4)9-19-20(10)14-6-5-12(16)7-13(14)17/h5-7,9,18H,8H2,1-4H3. The molecule has 0 atom stereocenters. The molecule has 1 N–H and O–H groups in total. The zero-order chi connectivity index (χ0) is 14.9. The highest BCUT2D eigenvalue weighted by atomic mass is 19.1. The molecule has 0 radical (unpaired) electrons. The zero-order valence-electron chi connectivity index (χ0n) is 12.2. The summed E-state index contributed by atoms with van der Waals surface area (Å²) in [5.74, 6) is -1.21. The Morgan fingerprint density at radius 3 is 2.55 bits per heavy atom. The maximum atomic E-state index is 13.8. The summed E-state index contributed by atoms with van der Waals surface area (Å²) in [5.41, 5.74) is 2.08. The van der Waals surface area contributed by atoms with Crippen LogP contribution in [0.1, 0.15) is 32.0 Å². The average molecular weight is 279 g/mol. The molecule has 0 aliphatic rings. The van der Waals surface area contributed by atoms with Crippen molar-refractivity contribution in [1.29, 1.82) is 0 Å². The Kier molecular flexibility index (Phi) is 3.90. The molecule has 20 heavy (non-hydrogen) atoms. The quantitative estimate of drug-likeness (QED) is 0.933. The summed E-state index contributed by atoms with van der Waals surface area (Å²) in [6.45, 7) is 8.75. The molecule has 2 aromatic rings. The Labute approximate surface area is 117 Å². The second kappa shape index (κ2) is 5.32. The van der Waals surface area contributed by atoms with Gasteiger partial charge in [-0.2, -0.15) is 5.10 Å². The highest BCUT2D eigenvalue weighted by molar-refractivity contribution is 5.36. The van der Waals surface area contributed by atoms with Crippen LogP contribution >= 0.6 is 0 Å². The fraction of sp³-hybridized carbons (Fsp3) is 0.400. The van der Waals surface area contributed by atoms with E-state index in [0.717, 1.165) is 17.3 Å². The maximum absolute atomic E-state index is 13.8. The number of nitrogens with zero attached hydrogens (tertiary/aromatic N) is 2. The molecule has 1 aromatic heterocycles. The predicted molar refractivity (Wildman–Crippen MR) is 74.8 cm³/mol. The molecule has 0 bridgehead atoms. The van der Waals surface area contributed by atoms with Crippen molar-refractivity contribution < 1.29 is 8.78 Å². The van der Waals surface area contributed by atoms with Gasteiger partial charge in [0, 0.05) is 29.4 Å². The summed E-state index contributed by atoms with van der Waals surface area (Å²) in [6, 6.07) is 3.49. The Bertz CT molecular complexity index is 612. The first-order chi connectivity index (χ1) is 9.28. The fourth-order valence-corrected chi connectivity index (χ4v) is 1.87. The molecule has 5 heteroatoms. The fourth-order valence-electron chi connectivity index (χ4n) is 1.87. The van der Waals surface area contributed by atoms with Gasteiger partial charge >= 0.3 is 0 Å². The molecule has 0 fully saturated rings. The first kappa shape index (κ1) is 14.7. The van der Waals surface area contributed by atoms with Crippen LogP contribution in [0.2, 0.25) is 0 Å². The lowest BCUT2D eigenvalue weighted by molar-refractivity contribution is 0.423. The van der Waals surface area contributed by atoms with E-state index < -0.39 is 11.6 Å². The number of benzene rings is 1. The number of aromatic nitrogens is 2. The smallest absolute Gasteiger partial charge is 0.151 e. The second-order valence-corrected chi connectivity index (χ2v) is 5.87. The average Bonchev–Trinajstić information content (AvgIpc) is 2.67. The van der Waals surface area contributed by atoms with E-state index >= 15 is 0 Å². The summed E-state index contributed by atoms with van der Waals surface area (Å²) in [7, 11) is 0. The molecule has 108 valence electrons. The maximum Gasteiger partial charge on any atom is 0.151 e. The molecule has 0 unspecified atom stereocenters. The second-order valence-electron chi connectivity index (χ2n) is 5.87. The van der Waals surface area contributed by atoms with Crippen molar-refractivity contribution in [2.45, 2.75) is 39.8 Å². The number of halogens is 2. The number of nitrogens with one attached hydrogen (secondary N) is 1. The van der Waals surface area contributed by atoms with Crippen molar-refractivity contribution >= 4 is 0 Å². The van der Waals surface area contributed by atoms with Crippen LogP contribution in [-0.4, -0.2) is 15.3 Å². The lowest BCUT2D eigenvalue weighted by atomic mass is 10.1. The summed E-state index contributed by atoms with van der Waals surface area (Å²) >= 11 is 0. The third kappa shape index (κ3) is 3.22. The van der Waals surface area contributed by atoms with Gasteiger partial charge in [-0.25, -0.2) is 13.5 Å². The van der Waals surface area contributed by atoms with E-state index in [9.17, 15) is 8.78 Å². The van der Waals surface area contributed by atoms with Gasteiger partial charge in [0.15, 0.2) is 5.82 Å². The summed E-state index contributed by atoms with van der Waals surface area (Å²) in [5, 5.41) is 7.55. The van der Waals surface area contributed by atoms with Crippen LogP contribution in [0.4, 0.5) is 8.78 Å². The number of rotatable bonds is 3. The summed E-state index contributed by atoms with van der Waals surface area (Å²) in [6.07, 6.45) is 1.71. The van der Waals surface area contributed by atoms with Crippen LogP contribution in [0.25, 0.3) is 5.69 Å². The Morgan fingerprint density at radius 1 is 1.25 bits per heavy atom. The van der Waals surface area contributed by atoms with Gasteiger partial charge in [0.25, 0.3) is 0 Å². The molecule has 0 spiro atoms. The van der Waals surface area contributed by atoms with Crippen LogP contribution in [0.3, 0.4) is 0 Å². The van der Waals surface area contributed by atoms with Crippen molar-refractivity contribution in [1.82, 2.24) is 15.1 Å². The van der Waals surface area contributed by atoms with Crippen molar-refractivity contribution in [3.63, 3.8) is 0 Å². The van der Waals surface area contributed by atoms with Gasteiger partial charge in [0.2, 0.25) is 0 Å². The predicted octanol–water partition coefficient (Wildman–Crippen LogP) is 3.35. The lowest BCUT2D eigenvalue weighted by Gasteiger charge is -2.20. The van der Waals surface area contributed by atoms with E-state index in [4.69, 9.17) is 0 Å². The zero-order valence-corrected chi connectivity index (χ0v) is 12.2. The van der Waals surface area contributed by atoms with E-state index in [0.29, 0.717) is 6.54 Å². The summed E-state index contributed by atoms with van der Waals surface area (Å²) < 4.78 is 28.2. The van der Waals surface area contributed by atoms with Gasteiger partial charge in [-0.1, -0.05) is 0 Å². The van der Waals surface area contributed by atoms with Crippen molar-refractivity contribution in [2.24, 2.45) is 0 Å². The lowest BCUT2D eigenvalue weighted by Crippen LogP contribution is -2.35. The highest BCUT2D eigenvalue weighted by Gasteiger charge is 2.14. The van der Waals surface area contributed by atoms with Gasteiger partial charge in [-0.15, -0.1) is 0 Å². The van der Waals surface area contributed by atoms with E-state index in [1.165, 1.54) is 16.8 Å². The minimum absolute atomic E-state index is 0.00430. The number of hydrogen-bond donors (Lipinski definition) is 1. The van der Waals surface area contributed by atoms with Crippen LogP contribution < -0.4 is 5.32 Å². The molecule has 1 aromatic carbocycles. The SMILES string of the molecule is Cc1c(CNC(C)(C)C)cnn1-c1ccc(F)cc1F. The molecule has 0 aliphatic carbocycles. The molecular formula is C15H19F2N3. The topological polar surface area (TPSA) is 29.9 Å². The van der Waals surface area contributed by atoms with Gasteiger partial charge < -0.3 is 5.32 Å². The third-order valence-electron chi connectivity index (χ3n) is 3.06. The Balaban J connectivity index is 2.28. The van der Waals surface area contributed by atoms with E-state index in [1.54, 1.807) is 6.20 Å². The normalized spacial score (nSPS) is 11.9. The van der Waals surface area contributed by atoms with Crippen molar-refractivity contribution in [3.8, 4) is 5.69 Å². The number of hydrogen-bond acceptors (Lipinski definition) is 2. The molecule has 0 saturated carbocycles. The molecule has 0 aliphatic heterocycles. The molecule has 0 amide bonds. The van der Waals surface area contributed by atoms with Gasteiger partial charge in [-0.3, -0.25) is 0 Å². The van der Waals surface area contributed by atoms with Gasteiger partial charge in [-0.05, 0) is 39.8 Å². The summed E-state index contributed by atoms with van der Waals surface area (Å²) in [4.78, 5) is 0. The van der Waals surface area contributed by atoms with Crippen LogP contribution in [0.5, 0.6) is 0 Å². The minimum Gasteiger partial charge on any atom is -0.308 e. The molecule has 0 saturated heterocycles.